The van der Waals surface area contributed by atoms with Gasteiger partial charge in [0.15, 0.2) is 0 Å². The van der Waals surface area contributed by atoms with E-state index >= 15 is 0 Å². The van der Waals surface area contributed by atoms with Gasteiger partial charge in [0, 0.05) is 6.21 Å². The molecule has 0 aromatic heterocycles. The Balaban J connectivity index is 2.64. The van der Waals surface area contributed by atoms with E-state index < -0.39 is 0 Å². The summed E-state index contributed by atoms with van der Waals surface area (Å²) < 4.78 is 0. The summed E-state index contributed by atoms with van der Waals surface area (Å²) in [6.45, 7) is 4.24. The van der Waals surface area contributed by atoms with Crippen LogP contribution in [0.3, 0.4) is 0 Å². The van der Waals surface area contributed by atoms with Crippen molar-refractivity contribution in [2.75, 3.05) is 6.67 Å². The maximum atomic E-state index is 3.97. The number of hydrogen-bond donors (Lipinski definition) is 1. The average Bonchev–Trinajstić information content (AvgIpc) is 2.02. The van der Waals surface area contributed by atoms with Crippen LogP contribution in [0.15, 0.2) is 34.4 Å². The molecule has 0 fully saturated rings. The van der Waals surface area contributed by atoms with Crippen LogP contribution in [0.4, 0.5) is 0 Å². The number of rotatable bonds is 0. The Hall–Kier alpha value is -1.38. The first kappa shape index (κ1) is 6.74. The second kappa shape index (κ2) is 3.61. The van der Waals surface area contributed by atoms with Crippen molar-refractivity contribution in [2.45, 2.75) is 0 Å². The van der Waals surface area contributed by atoms with Gasteiger partial charge in [-0.1, -0.05) is 6.58 Å². The molecule has 0 unspecified atom stereocenters. The molecule has 1 aliphatic heterocycles. The van der Waals surface area contributed by atoms with Crippen LogP contribution in [0.5, 0.6) is 0 Å². The van der Waals surface area contributed by atoms with Crippen molar-refractivity contribution in [3.8, 4) is 0 Å². The summed E-state index contributed by atoms with van der Waals surface area (Å²) in [6, 6.07) is 0. The number of nitrogens with one attached hydrogen (secondary N) is 1. The Morgan fingerprint density at radius 1 is 1.60 bits per heavy atom. The highest BCUT2D eigenvalue weighted by Gasteiger charge is 1.81. The lowest BCUT2D eigenvalue weighted by molar-refractivity contribution is 0.950. The molecule has 1 aliphatic rings. The van der Waals surface area contributed by atoms with Crippen molar-refractivity contribution in [3.63, 3.8) is 0 Å². The quantitative estimate of drug-likeness (QED) is 0.522. The fraction of sp³-hybridized carbons (Fsp3) is 0.143. The van der Waals surface area contributed by atoms with Crippen LogP contribution in [0.2, 0.25) is 0 Å². The summed E-state index contributed by atoms with van der Waals surface area (Å²) in [7, 11) is 0. The summed E-state index contributed by atoms with van der Waals surface area (Å²) in [4.78, 5) is 7.92. The summed E-state index contributed by atoms with van der Waals surface area (Å²) >= 11 is 0. The first-order valence-corrected chi connectivity index (χ1v) is 3.01. The van der Waals surface area contributed by atoms with E-state index in [-0.39, 0.29) is 0 Å². The normalized spacial score (nSPS) is 20.6. The molecule has 3 heteroatoms. The van der Waals surface area contributed by atoms with Crippen molar-refractivity contribution in [1.82, 2.24) is 5.32 Å². The molecule has 0 aromatic carbocycles. The minimum atomic E-state index is 0.571. The topological polar surface area (TPSA) is 36.8 Å². The van der Waals surface area contributed by atoms with Crippen molar-refractivity contribution >= 4 is 12.6 Å². The first-order valence-electron chi connectivity index (χ1n) is 3.01. The SMILES string of the molecule is C=C1/C=C\C=NCNC=N1. The molecule has 1 N–H and O–H groups in total. The maximum absolute atomic E-state index is 3.97. The molecule has 0 aliphatic carbocycles. The number of hydrogen-bond acceptors (Lipinski definition) is 3. The molecule has 0 bridgehead atoms. The molecule has 0 atom stereocenters. The van der Waals surface area contributed by atoms with Gasteiger partial charge in [-0.2, -0.15) is 0 Å². The highest BCUT2D eigenvalue weighted by molar-refractivity contribution is 5.72. The molecule has 3 nitrogen and oxygen atoms in total. The lowest BCUT2D eigenvalue weighted by Gasteiger charge is -1.89. The van der Waals surface area contributed by atoms with Gasteiger partial charge < -0.3 is 5.32 Å². The molecule has 0 saturated carbocycles. The van der Waals surface area contributed by atoms with Gasteiger partial charge in [0.2, 0.25) is 0 Å². The van der Waals surface area contributed by atoms with Crippen LogP contribution < -0.4 is 5.32 Å². The molecule has 0 saturated heterocycles. The van der Waals surface area contributed by atoms with E-state index in [9.17, 15) is 0 Å². The van der Waals surface area contributed by atoms with E-state index in [4.69, 9.17) is 0 Å². The van der Waals surface area contributed by atoms with E-state index in [1.807, 2.05) is 6.08 Å². The van der Waals surface area contributed by atoms with Gasteiger partial charge >= 0.3 is 0 Å². The first-order chi connectivity index (χ1) is 4.89. The number of nitrogens with zero attached hydrogens (tertiary/aromatic N) is 2. The van der Waals surface area contributed by atoms with Gasteiger partial charge in [0.1, 0.15) is 6.67 Å². The Kier molecular flexibility index (Phi) is 2.43. The largest absolute Gasteiger partial charge is 0.357 e. The molecule has 0 radical (unpaired) electrons. The molecule has 1 heterocycles. The number of allylic oxidation sites excluding steroid dienone is 2. The molecule has 0 amide bonds. The van der Waals surface area contributed by atoms with Crippen molar-refractivity contribution in [2.24, 2.45) is 9.98 Å². The zero-order chi connectivity index (χ0) is 7.23. The van der Waals surface area contributed by atoms with Crippen LogP contribution >= 0.6 is 0 Å². The van der Waals surface area contributed by atoms with E-state index in [2.05, 4.69) is 21.9 Å². The van der Waals surface area contributed by atoms with Crippen molar-refractivity contribution < 1.29 is 0 Å². The lowest BCUT2D eigenvalue weighted by Crippen LogP contribution is -2.09. The Morgan fingerprint density at radius 3 is 3.40 bits per heavy atom. The van der Waals surface area contributed by atoms with Gasteiger partial charge in [-0.15, -0.1) is 0 Å². The fourth-order valence-corrected chi connectivity index (χ4v) is 0.533. The van der Waals surface area contributed by atoms with Crippen LogP contribution in [0.25, 0.3) is 0 Å². The van der Waals surface area contributed by atoms with Gasteiger partial charge in [0.25, 0.3) is 0 Å². The predicted octanol–water partition coefficient (Wildman–Crippen LogP) is 0.716. The van der Waals surface area contributed by atoms with Crippen LogP contribution in [-0.2, 0) is 0 Å². The average molecular weight is 135 g/mol. The van der Waals surface area contributed by atoms with Gasteiger partial charge in [-0.3, -0.25) is 4.99 Å². The standard InChI is InChI=1S/C7H9N3/c1-7-3-2-4-8-5-9-6-10-7/h2-4,6H,1,5H2,(H,9,10)/b3-2-,8-4?. The fourth-order valence-electron chi connectivity index (χ4n) is 0.533. The van der Waals surface area contributed by atoms with Gasteiger partial charge in [-0.25, -0.2) is 4.99 Å². The minimum Gasteiger partial charge on any atom is -0.357 e. The van der Waals surface area contributed by atoms with Crippen LogP contribution in [0.1, 0.15) is 0 Å². The van der Waals surface area contributed by atoms with Crippen molar-refractivity contribution in [3.05, 3.63) is 24.4 Å². The summed E-state index contributed by atoms with van der Waals surface area (Å²) in [5, 5.41) is 2.87. The second-order valence-electron chi connectivity index (χ2n) is 1.80. The third kappa shape index (κ3) is 2.26. The van der Waals surface area contributed by atoms with E-state index in [1.165, 1.54) is 0 Å². The van der Waals surface area contributed by atoms with Crippen LogP contribution in [0, 0.1) is 0 Å². The molecule has 52 valence electrons. The summed E-state index contributed by atoms with van der Waals surface area (Å²) in [6.07, 6.45) is 6.92. The molecule has 0 aromatic rings. The Bertz CT molecular complexity index is 201. The number of aliphatic imine (C=N–C) groups is 2. The molecular weight excluding hydrogens is 126 g/mol. The summed E-state index contributed by atoms with van der Waals surface area (Å²) in [5.41, 5.74) is 0.723. The highest BCUT2D eigenvalue weighted by Crippen LogP contribution is 1.92. The molecule has 10 heavy (non-hydrogen) atoms. The Morgan fingerprint density at radius 2 is 2.50 bits per heavy atom. The zero-order valence-electron chi connectivity index (χ0n) is 5.62. The molecule has 0 spiro atoms. The van der Waals surface area contributed by atoms with Gasteiger partial charge in [0.05, 0.1) is 12.0 Å². The highest BCUT2D eigenvalue weighted by atomic mass is 15.0. The summed E-state index contributed by atoms with van der Waals surface area (Å²) in [5.74, 6) is 0. The van der Waals surface area contributed by atoms with E-state index in [0.29, 0.717) is 6.67 Å². The van der Waals surface area contributed by atoms with Gasteiger partial charge in [-0.05, 0) is 12.2 Å². The zero-order valence-corrected chi connectivity index (χ0v) is 5.62. The third-order valence-electron chi connectivity index (χ3n) is 0.984. The second-order valence-corrected chi connectivity index (χ2v) is 1.80. The van der Waals surface area contributed by atoms with E-state index in [0.717, 1.165) is 5.70 Å². The molecular formula is C7H9N3. The Labute approximate surface area is 59.9 Å². The van der Waals surface area contributed by atoms with Crippen molar-refractivity contribution in [1.29, 1.82) is 0 Å². The monoisotopic (exact) mass is 135 g/mol. The maximum Gasteiger partial charge on any atom is 0.108 e. The lowest BCUT2D eigenvalue weighted by atomic mass is 10.4. The minimum absolute atomic E-state index is 0.571. The van der Waals surface area contributed by atoms with E-state index in [1.54, 1.807) is 18.6 Å². The molecule has 1 rings (SSSR count). The van der Waals surface area contributed by atoms with Crippen LogP contribution in [-0.4, -0.2) is 19.2 Å². The third-order valence-corrected chi connectivity index (χ3v) is 0.984. The predicted molar refractivity (Wildman–Crippen MR) is 43.3 cm³/mol. The smallest absolute Gasteiger partial charge is 0.108 e.